The number of nitro benzene ring substituents is 1. The van der Waals surface area contributed by atoms with E-state index < -0.39 is 0 Å². The molecule has 1 aromatic rings. The molecule has 0 aromatic heterocycles. The molecule has 0 bridgehead atoms. The van der Waals surface area contributed by atoms with Gasteiger partial charge in [0.25, 0.3) is 5.69 Å². The van der Waals surface area contributed by atoms with Crippen LogP contribution in [0.5, 0.6) is 0 Å². The Kier molecular flexibility index (Phi) is 3.57. The molecule has 0 radical (unpaired) electrons. The molecule has 2 unspecified atom stereocenters. The summed E-state index contributed by atoms with van der Waals surface area (Å²) in [6.07, 6.45) is 6.43. The highest BCUT2D eigenvalue weighted by Gasteiger charge is 2.36. The molecule has 2 atom stereocenters. The van der Waals surface area contributed by atoms with E-state index in [-0.39, 0.29) is 10.6 Å². The highest BCUT2D eigenvalue weighted by Crippen LogP contribution is 2.41. The molecule has 106 valence electrons. The van der Waals surface area contributed by atoms with E-state index in [0.29, 0.717) is 12.0 Å². The van der Waals surface area contributed by atoms with Crippen molar-refractivity contribution in [3.8, 4) is 0 Å². The first kappa shape index (κ1) is 13.3. The van der Waals surface area contributed by atoms with Crippen molar-refractivity contribution in [2.24, 2.45) is 0 Å². The van der Waals surface area contributed by atoms with Crippen LogP contribution in [0.4, 0.5) is 5.69 Å². The van der Waals surface area contributed by atoms with Gasteiger partial charge in [-0.1, -0.05) is 12.1 Å². The topological polar surface area (TPSA) is 46.4 Å². The molecule has 2 aliphatic rings. The average Bonchev–Trinajstić information content (AvgIpc) is 2.47. The van der Waals surface area contributed by atoms with E-state index in [0.717, 1.165) is 25.9 Å². The van der Waals surface area contributed by atoms with Crippen LogP contribution >= 0.6 is 0 Å². The summed E-state index contributed by atoms with van der Waals surface area (Å²) >= 11 is 0. The number of nitro groups is 1. The lowest BCUT2D eigenvalue weighted by Crippen LogP contribution is -2.46. The van der Waals surface area contributed by atoms with Gasteiger partial charge < -0.3 is 0 Å². The zero-order chi connectivity index (χ0) is 14.1. The summed E-state index contributed by atoms with van der Waals surface area (Å²) in [4.78, 5) is 13.1. The first-order valence-electron chi connectivity index (χ1n) is 7.33. The van der Waals surface area contributed by atoms with Gasteiger partial charge >= 0.3 is 0 Å². The normalized spacial score (nSPS) is 25.6. The number of hydrogen-bond acceptors (Lipinski definition) is 3. The van der Waals surface area contributed by atoms with E-state index in [9.17, 15) is 10.1 Å². The SMILES string of the molecule is C=CCN1CCCC2c3ccc([N+](=O)[O-])cc3CCC21. The number of piperidine rings is 1. The Morgan fingerprint density at radius 1 is 1.45 bits per heavy atom. The molecule has 0 saturated carbocycles. The fourth-order valence-electron chi connectivity index (χ4n) is 3.85. The second-order valence-corrected chi connectivity index (χ2v) is 5.78. The third-order valence-electron chi connectivity index (χ3n) is 4.70. The smallest absolute Gasteiger partial charge is 0.269 e. The van der Waals surface area contributed by atoms with Gasteiger partial charge in [0.2, 0.25) is 0 Å². The average molecular weight is 272 g/mol. The van der Waals surface area contributed by atoms with E-state index in [2.05, 4.69) is 11.5 Å². The maximum absolute atomic E-state index is 10.9. The quantitative estimate of drug-likeness (QED) is 0.482. The fraction of sp³-hybridized carbons (Fsp3) is 0.500. The summed E-state index contributed by atoms with van der Waals surface area (Å²) in [5, 5.41) is 10.9. The van der Waals surface area contributed by atoms with Crippen LogP contribution in [0.3, 0.4) is 0 Å². The monoisotopic (exact) mass is 272 g/mol. The van der Waals surface area contributed by atoms with Gasteiger partial charge in [-0.15, -0.1) is 6.58 Å². The minimum absolute atomic E-state index is 0.223. The van der Waals surface area contributed by atoms with Crippen LogP contribution in [-0.2, 0) is 6.42 Å². The first-order chi connectivity index (χ1) is 9.70. The molecule has 0 N–H and O–H groups in total. The van der Waals surface area contributed by atoms with Crippen LogP contribution in [0, 0.1) is 10.1 Å². The van der Waals surface area contributed by atoms with E-state index >= 15 is 0 Å². The number of nitrogens with zero attached hydrogens (tertiary/aromatic N) is 2. The number of rotatable bonds is 3. The van der Waals surface area contributed by atoms with Gasteiger partial charge in [0, 0.05) is 24.7 Å². The molecule has 1 aliphatic carbocycles. The largest absolute Gasteiger partial charge is 0.296 e. The van der Waals surface area contributed by atoms with Crippen LogP contribution < -0.4 is 0 Å². The predicted octanol–water partition coefficient (Wildman–Crippen LogP) is 3.28. The van der Waals surface area contributed by atoms with E-state index in [1.807, 2.05) is 12.1 Å². The Labute approximate surface area is 119 Å². The number of hydrogen-bond donors (Lipinski definition) is 0. The fourth-order valence-corrected chi connectivity index (χ4v) is 3.85. The first-order valence-corrected chi connectivity index (χ1v) is 7.33. The van der Waals surface area contributed by atoms with Crippen LogP contribution in [0.25, 0.3) is 0 Å². The molecule has 4 heteroatoms. The van der Waals surface area contributed by atoms with E-state index in [4.69, 9.17) is 0 Å². The molecular weight excluding hydrogens is 252 g/mol. The third kappa shape index (κ3) is 2.24. The molecule has 1 fully saturated rings. The van der Waals surface area contributed by atoms with Crippen LogP contribution in [0.2, 0.25) is 0 Å². The molecule has 1 saturated heterocycles. The zero-order valence-corrected chi connectivity index (χ0v) is 11.6. The third-order valence-corrected chi connectivity index (χ3v) is 4.70. The minimum Gasteiger partial charge on any atom is -0.296 e. The standard InChI is InChI=1S/C16H20N2O2/c1-2-9-17-10-3-4-15-14-7-6-13(18(19)20)11-12(14)5-8-16(15)17/h2,6-7,11,15-16H,1,3-5,8-10H2. The second kappa shape index (κ2) is 5.37. The lowest BCUT2D eigenvalue weighted by molar-refractivity contribution is -0.384. The molecule has 0 amide bonds. The van der Waals surface area contributed by atoms with Crippen molar-refractivity contribution >= 4 is 5.69 Å². The minimum atomic E-state index is -0.294. The summed E-state index contributed by atoms with van der Waals surface area (Å²) in [5.41, 5.74) is 2.74. The summed E-state index contributed by atoms with van der Waals surface area (Å²) in [7, 11) is 0. The summed E-state index contributed by atoms with van der Waals surface area (Å²) in [6.45, 7) is 5.95. The molecule has 0 spiro atoms. The number of non-ortho nitro benzene ring substituents is 1. The van der Waals surface area contributed by atoms with Crippen LogP contribution in [0.15, 0.2) is 30.9 Å². The Bertz CT molecular complexity index is 541. The Morgan fingerprint density at radius 2 is 2.30 bits per heavy atom. The highest BCUT2D eigenvalue weighted by atomic mass is 16.6. The van der Waals surface area contributed by atoms with Gasteiger partial charge in [-0.25, -0.2) is 0 Å². The molecule has 20 heavy (non-hydrogen) atoms. The van der Waals surface area contributed by atoms with E-state index in [1.54, 1.807) is 12.1 Å². The molecule has 1 heterocycles. The van der Waals surface area contributed by atoms with Crippen molar-refractivity contribution in [1.29, 1.82) is 0 Å². The molecular formula is C16H20N2O2. The lowest BCUT2D eigenvalue weighted by atomic mass is 9.74. The summed E-state index contributed by atoms with van der Waals surface area (Å²) in [5.74, 6) is 0.535. The Balaban J connectivity index is 1.91. The summed E-state index contributed by atoms with van der Waals surface area (Å²) < 4.78 is 0. The maximum Gasteiger partial charge on any atom is 0.269 e. The van der Waals surface area contributed by atoms with Crippen molar-refractivity contribution < 1.29 is 4.92 Å². The van der Waals surface area contributed by atoms with Crippen molar-refractivity contribution in [1.82, 2.24) is 4.90 Å². The molecule has 3 rings (SSSR count). The van der Waals surface area contributed by atoms with Gasteiger partial charge in [0.15, 0.2) is 0 Å². The van der Waals surface area contributed by atoms with Gasteiger partial charge in [-0.05, 0) is 49.3 Å². The van der Waals surface area contributed by atoms with E-state index in [1.165, 1.54) is 24.0 Å². The Hall–Kier alpha value is -1.68. The van der Waals surface area contributed by atoms with Gasteiger partial charge in [0.05, 0.1) is 4.92 Å². The predicted molar refractivity (Wildman–Crippen MR) is 79.0 cm³/mol. The lowest BCUT2D eigenvalue weighted by Gasteiger charge is -2.44. The van der Waals surface area contributed by atoms with Crippen molar-refractivity contribution in [2.45, 2.75) is 37.6 Å². The molecule has 1 aliphatic heterocycles. The molecule has 4 nitrogen and oxygen atoms in total. The number of fused-ring (bicyclic) bond motifs is 3. The van der Waals surface area contributed by atoms with Crippen molar-refractivity contribution in [3.63, 3.8) is 0 Å². The van der Waals surface area contributed by atoms with Gasteiger partial charge in [-0.2, -0.15) is 0 Å². The molecule has 1 aromatic carbocycles. The van der Waals surface area contributed by atoms with Crippen molar-refractivity contribution in [3.05, 3.63) is 52.1 Å². The zero-order valence-electron chi connectivity index (χ0n) is 11.6. The number of aryl methyl sites for hydroxylation is 1. The summed E-state index contributed by atoms with van der Waals surface area (Å²) in [6, 6.07) is 6.00. The maximum atomic E-state index is 10.9. The highest BCUT2D eigenvalue weighted by molar-refractivity contribution is 5.44. The second-order valence-electron chi connectivity index (χ2n) is 5.78. The van der Waals surface area contributed by atoms with Gasteiger partial charge in [0.1, 0.15) is 0 Å². The van der Waals surface area contributed by atoms with Crippen LogP contribution in [0.1, 0.15) is 36.3 Å². The number of benzene rings is 1. The van der Waals surface area contributed by atoms with Crippen LogP contribution in [-0.4, -0.2) is 29.0 Å². The Morgan fingerprint density at radius 3 is 3.05 bits per heavy atom. The van der Waals surface area contributed by atoms with Crippen molar-refractivity contribution in [2.75, 3.05) is 13.1 Å². The van der Waals surface area contributed by atoms with Gasteiger partial charge in [-0.3, -0.25) is 15.0 Å². The number of likely N-dealkylation sites (tertiary alicyclic amines) is 1.